The van der Waals surface area contributed by atoms with Gasteiger partial charge in [-0.3, -0.25) is 0 Å². The molecule has 0 aliphatic carbocycles. The van der Waals surface area contributed by atoms with E-state index in [9.17, 15) is 4.39 Å². The first-order valence-electron chi connectivity index (χ1n) is 8.49. The Labute approximate surface area is 149 Å². The zero-order valence-electron chi connectivity index (χ0n) is 14.5. The van der Waals surface area contributed by atoms with Crippen molar-refractivity contribution in [2.75, 3.05) is 0 Å². The van der Waals surface area contributed by atoms with Gasteiger partial charge < -0.3 is 4.42 Å². The Hall–Kier alpha value is -3.27. The summed E-state index contributed by atoms with van der Waals surface area (Å²) in [4.78, 5) is 3.92. The maximum atomic E-state index is 13.6. The lowest BCUT2D eigenvalue weighted by molar-refractivity contribution is -0.659. The summed E-state index contributed by atoms with van der Waals surface area (Å²) in [7, 11) is 2.03. The fraction of sp³-hybridized carbons (Fsp3) is 0.0909. The van der Waals surface area contributed by atoms with Crippen LogP contribution in [0.1, 0.15) is 5.56 Å². The number of nitrogens with zero attached hydrogens (tertiary/aromatic N) is 2. The van der Waals surface area contributed by atoms with Crippen LogP contribution < -0.4 is 4.57 Å². The van der Waals surface area contributed by atoms with Crippen molar-refractivity contribution in [3.8, 4) is 11.3 Å². The topological polar surface area (TPSA) is 29.9 Å². The lowest BCUT2D eigenvalue weighted by Gasteiger charge is -2.08. The first-order chi connectivity index (χ1) is 12.6. The van der Waals surface area contributed by atoms with E-state index in [4.69, 9.17) is 4.42 Å². The molecule has 0 N–H and O–H groups in total. The fourth-order valence-electron chi connectivity index (χ4n) is 3.72. The second kappa shape index (κ2) is 5.36. The number of rotatable bonds is 1. The van der Waals surface area contributed by atoms with Gasteiger partial charge in [0.05, 0.1) is 10.9 Å². The molecule has 0 bridgehead atoms. The molecule has 0 aliphatic heterocycles. The molecule has 26 heavy (non-hydrogen) atoms. The molecule has 5 rings (SSSR count). The van der Waals surface area contributed by atoms with Crippen LogP contribution in [0, 0.1) is 12.9 Å². The first kappa shape index (κ1) is 15.0. The van der Waals surface area contributed by atoms with Gasteiger partial charge in [-0.25, -0.2) is 4.57 Å². The standard InChI is InChI=1S/C22H16FN2O/c1-13-7-8-16-17-9-10-18(23)24-22(17)26-21(16)19(13)20-15-6-4-3-5-14(15)11-12-25(20)2/h3-12H,1-2H3/q+1. The van der Waals surface area contributed by atoms with Crippen LogP contribution in [0.2, 0.25) is 0 Å². The first-order valence-corrected chi connectivity index (χ1v) is 8.49. The Balaban J connectivity index is 1.98. The summed E-state index contributed by atoms with van der Waals surface area (Å²) in [6, 6.07) is 17.6. The summed E-state index contributed by atoms with van der Waals surface area (Å²) < 4.78 is 21.7. The molecule has 5 aromatic rings. The fourth-order valence-corrected chi connectivity index (χ4v) is 3.72. The van der Waals surface area contributed by atoms with E-state index < -0.39 is 5.95 Å². The number of aromatic nitrogens is 2. The SMILES string of the molecule is Cc1ccc2c(oc3nc(F)ccc32)c1-c1c2ccccc2cc[n+]1C. The molecule has 0 spiro atoms. The number of pyridine rings is 2. The lowest BCUT2D eigenvalue weighted by Crippen LogP contribution is -2.30. The number of benzene rings is 2. The van der Waals surface area contributed by atoms with Crippen molar-refractivity contribution < 1.29 is 13.4 Å². The Morgan fingerprint density at radius 3 is 2.62 bits per heavy atom. The van der Waals surface area contributed by atoms with Crippen molar-refractivity contribution in [3.05, 3.63) is 72.3 Å². The highest BCUT2D eigenvalue weighted by Gasteiger charge is 2.23. The van der Waals surface area contributed by atoms with Gasteiger partial charge in [0, 0.05) is 16.8 Å². The zero-order valence-corrected chi connectivity index (χ0v) is 14.5. The molecule has 0 fully saturated rings. The minimum absolute atomic E-state index is 0.328. The van der Waals surface area contributed by atoms with Crippen molar-refractivity contribution in [1.82, 2.24) is 4.98 Å². The molecule has 0 saturated carbocycles. The summed E-state index contributed by atoms with van der Waals surface area (Å²) >= 11 is 0. The molecule has 3 heterocycles. The van der Waals surface area contributed by atoms with Crippen LogP contribution in [0.3, 0.4) is 0 Å². The number of hydrogen-bond donors (Lipinski definition) is 0. The molecule has 2 aromatic carbocycles. The molecule has 4 heteroatoms. The minimum Gasteiger partial charge on any atom is -0.437 e. The third kappa shape index (κ3) is 2.05. The molecule has 0 atom stereocenters. The van der Waals surface area contributed by atoms with Gasteiger partial charge >= 0.3 is 0 Å². The largest absolute Gasteiger partial charge is 0.437 e. The number of aryl methyl sites for hydroxylation is 2. The van der Waals surface area contributed by atoms with E-state index >= 15 is 0 Å². The van der Waals surface area contributed by atoms with Gasteiger partial charge in [0.15, 0.2) is 11.8 Å². The summed E-state index contributed by atoms with van der Waals surface area (Å²) in [5.41, 5.74) is 4.26. The minimum atomic E-state index is -0.537. The van der Waals surface area contributed by atoms with E-state index in [0.29, 0.717) is 5.71 Å². The predicted molar refractivity (Wildman–Crippen MR) is 100 cm³/mol. The van der Waals surface area contributed by atoms with Crippen molar-refractivity contribution in [2.45, 2.75) is 6.92 Å². The van der Waals surface area contributed by atoms with Crippen LogP contribution in [0.25, 0.3) is 44.1 Å². The van der Waals surface area contributed by atoms with Gasteiger partial charge in [-0.1, -0.05) is 30.3 Å². The predicted octanol–water partition coefficient (Wildman–Crippen LogP) is 5.07. The van der Waals surface area contributed by atoms with E-state index in [-0.39, 0.29) is 0 Å². The molecule has 0 radical (unpaired) electrons. The summed E-state index contributed by atoms with van der Waals surface area (Å²) in [5, 5.41) is 4.08. The van der Waals surface area contributed by atoms with E-state index in [0.717, 1.165) is 43.9 Å². The Kier molecular flexibility index (Phi) is 3.10. The van der Waals surface area contributed by atoms with Crippen LogP contribution in [0.5, 0.6) is 0 Å². The number of furan rings is 1. The molecular weight excluding hydrogens is 327 g/mol. The van der Waals surface area contributed by atoms with Gasteiger partial charge in [-0.05, 0) is 36.1 Å². The second-order valence-corrected chi connectivity index (χ2v) is 6.59. The van der Waals surface area contributed by atoms with Crippen LogP contribution >= 0.6 is 0 Å². The van der Waals surface area contributed by atoms with Crippen molar-refractivity contribution in [3.63, 3.8) is 0 Å². The molecule has 0 amide bonds. The zero-order chi connectivity index (χ0) is 17.8. The maximum Gasteiger partial charge on any atom is 0.229 e. The molecule has 3 nitrogen and oxygen atoms in total. The number of hydrogen-bond acceptors (Lipinski definition) is 2. The number of halogens is 1. The highest BCUT2D eigenvalue weighted by Crippen LogP contribution is 2.38. The van der Waals surface area contributed by atoms with E-state index in [1.54, 1.807) is 6.07 Å². The third-order valence-corrected chi connectivity index (χ3v) is 4.96. The average Bonchev–Trinajstić information content (AvgIpc) is 3.00. The van der Waals surface area contributed by atoms with E-state index in [1.807, 2.05) is 25.2 Å². The molecular formula is C22H16FN2O+. The van der Waals surface area contributed by atoms with Crippen molar-refractivity contribution >= 4 is 32.8 Å². The normalized spacial score (nSPS) is 11.7. The smallest absolute Gasteiger partial charge is 0.229 e. The molecule has 0 aliphatic rings. The van der Waals surface area contributed by atoms with E-state index in [1.165, 1.54) is 6.07 Å². The molecule has 3 aromatic heterocycles. The Morgan fingerprint density at radius 2 is 1.73 bits per heavy atom. The second-order valence-electron chi connectivity index (χ2n) is 6.59. The van der Waals surface area contributed by atoms with Crippen molar-refractivity contribution in [2.24, 2.45) is 7.05 Å². The van der Waals surface area contributed by atoms with Gasteiger partial charge in [0.25, 0.3) is 0 Å². The van der Waals surface area contributed by atoms with Gasteiger partial charge in [-0.15, -0.1) is 0 Å². The molecule has 0 unspecified atom stereocenters. The molecule has 126 valence electrons. The Bertz CT molecular complexity index is 1320. The average molecular weight is 343 g/mol. The van der Waals surface area contributed by atoms with Crippen LogP contribution in [-0.4, -0.2) is 4.98 Å². The Morgan fingerprint density at radius 1 is 0.923 bits per heavy atom. The highest BCUT2D eigenvalue weighted by molar-refractivity contribution is 6.10. The number of fused-ring (bicyclic) bond motifs is 4. The molecule has 0 saturated heterocycles. The highest BCUT2D eigenvalue weighted by atomic mass is 19.1. The van der Waals surface area contributed by atoms with Crippen LogP contribution in [0.15, 0.2) is 65.2 Å². The van der Waals surface area contributed by atoms with Gasteiger partial charge in [-0.2, -0.15) is 9.37 Å². The van der Waals surface area contributed by atoms with Crippen molar-refractivity contribution in [1.29, 1.82) is 0 Å². The lowest BCUT2D eigenvalue weighted by atomic mass is 9.97. The monoisotopic (exact) mass is 343 g/mol. The van der Waals surface area contributed by atoms with E-state index in [2.05, 4.69) is 46.9 Å². The summed E-state index contributed by atoms with van der Waals surface area (Å²) in [6.45, 7) is 2.07. The van der Waals surface area contributed by atoms with Crippen LogP contribution in [-0.2, 0) is 7.05 Å². The summed E-state index contributed by atoms with van der Waals surface area (Å²) in [5.74, 6) is -0.537. The van der Waals surface area contributed by atoms with Crippen LogP contribution in [0.4, 0.5) is 4.39 Å². The quantitative estimate of drug-likeness (QED) is 0.314. The van der Waals surface area contributed by atoms with Gasteiger partial charge in [0.1, 0.15) is 7.05 Å². The van der Waals surface area contributed by atoms with Gasteiger partial charge in [0.2, 0.25) is 17.4 Å². The third-order valence-electron chi connectivity index (χ3n) is 4.96. The summed E-state index contributed by atoms with van der Waals surface area (Å²) in [6.07, 6.45) is 2.05. The maximum absolute atomic E-state index is 13.6.